The van der Waals surface area contributed by atoms with Gasteiger partial charge < -0.3 is 4.74 Å². The van der Waals surface area contributed by atoms with E-state index in [1.54, 1.807) is 30.3 Å². The van der Waals surface area contributed by atoms with Gasteiger partial charge in [0.15, 0.2) is 0 Å². The third-order valence-corrected chi connectivity index (χ3v) is 2.71. The van der Waals surface area contributed by atoms with Gasteiger partial charge in [0.05, 0.1) is 29.8 Å². The van der Waals surface area contributed by atoms with E-state index in [1.807, 2.05) is 6.07 Å². The maximum atomic E-state index is 10.7. The molecule has 20 heavy (non-hydrogen) atoms. The summed E-state index contributed by atoms with van der Waals surface area (Å²) in [4.78, 5) is 10.2. The van der Waals surface area contributed by atoms with Crippen molar-refractivity contribution in [2.24, 2.45) is 0 Å². The van der Waals surface area contributed by atoms with Gasteiger partial charge in [-0.1, -0.05) is 24.3 Å². The molecule has 0 atom stereocenters. The van der Waals surface area contributed by atoms with Crippen molar-refractivity contribution in [1.82, 2.24) is 0 Å². The molecule has 5 heteroatoms. The molecule has 0 unspecified atom stereocenters. The van der Waals surface area contributed by atoms with E-state index in [0.717, 1.165) is 11.1 Å². The summed E-state index contributed by atoms with van der Waals surface area (Å²) in [5.41, 5.74) is 2.28. The molecule has 5 nitrogen and oxygen atoms in total. The molecule has 0 bridgehead atoms. The van der Waals surface area contributed by atoms with E-state index in [4.69, 9.17) is 10.00 Å². The van der Waals surface area contributed by atoms with Crippen LogP contribution in [-0.4, -0.2) is 4.92 Å². The first kappa shape index (κ1) is 13.7. The molecule has 0 saturated carbocycles. The molecule has 0 amide bonds. The van der Waals surface area contributed by atoms with Gasteiger partial charge in [-0.2, -0.15) is 5.26 Å². The highest BCUT2D eigenvalue weighted by Gasteiger charge is 2.05. The average Bonchev–Trinajstić information content (AvgIpc) is 2.48. The summed E-state index contributed by atoms with van der Waals surface area (Å²) in [5.74, 6) is 0. The molecule has 0 spiro atoms. The van der Waals surface area contributed by atoms with Crippen molar-refractivity contribution in [3.05, 3.63) is 75.3 Å². The molecule has 2 aromatic carbocycles. The van der Waals surface area contributed by atoms with Crippen molar-refractivity contribution in [3.8, 4) is 6.07 Å². The van der Waals surface area contributed by atoms with Gasteiger partial charge in [-0.15, -0.1) is 0 Å². The van der Waals surface area contributed by atoms with Gasteiger partial charge in [-0.25, -0.2) is 0 Å². The minimum atomic E-state index is -0.431. The summed E-state index contributed by atoms with van der Waals surface area (Å²) in [5, 5.41) is 19.4. The lowest BCUT2D eigenvalue weighted by atomic mass is 10.1. The van der Waals surface area contributed by atoms with Crippen LogP contribution in [0, 0.1) is 21.4 Å². The molecule has 0 aliphatic heterocycles. The predicted octanol–water partition coefficient (Wildman–Crippen LogP) is 3.18. The summed E-state index contributed by atoms with van der Waals surface area (Å²) in [7, 11) is 0. The van der Waals surface area contributed by atoms with Crippen LogP contribution in [0.1, 0.15) is 16.7 Å². The second kappa shape index (κ2) is 6.45. The smallest absolute Gasteiger partial charge is 0.269 e. The van der Waals surface area contributed by atoms with E-state index in [1.165, 1.54) is 12.1 Å². The van der Waals surface area contributed by atoms with Crippen LogP contribution in [0.4, 0.5) is 5.69 Å². The van der Waals surface area contributed by atoms with E-state index in [2.05, 4.69) is 6.07 Å². The van der Waals surface area contributed by atoms with Crippen LogP contribution in [0.3, 0.4) is 0 Å². The minimum absolute atomic E-state index is 0.0533. The number of nitro groups is 1. The Bertz CT molecular complexity index is 662. The predicted molar refractivity (Wildman–Crippen MR) is 72.7 cm³/mol. The van der Waals surface area contributed by atoms with Crippen LogP contribution < -0.4 is 0 Å². The van der Waals surface area contributed by atoms with Crippen molar-refractivity contribution in [2.45, 2.75) is 13.2 Å². The van der Waals surface area contributed by atoms with Crippen LogP contribution in [0.15, 0.2) is 48.5 Å². The topological polar surface area (TPSA) is 76.2 Å². The number of rotatable bonds is 5. The molecule has 0 radical (unpaired) electrons. The van der Waals surface area contributed by atoms with Crippen LogP contribution in [0.2, 0.25) is 0 Å². The molecule has 0 aromatic heterocycles. The standard InChI is InChI=1S/C15H12N2O3/c16-9-12-3-1-4-13(7-12)10-20-11-14-5-2-6-15(8-14)17(18)19/h1-8H,10-11H2. The highest BCUT2D eigenvalue weighted by Crippen LogP contribution is 2.14. The fourth-order valence-electron chi connectivity index (χ4n) is 1.78. The lowest BCUT2D eigenvalue weighted by Gasteiger charge is -2.05. The Morgan fingerprint density at radius 2 is 1.75 bits per heavy atom. The van der Waals surface area contributed by atoms with Crippen LogP contribution in [-0.2, 0) is 18.0 Å². The van der Waals surface area contributed by atoms with Crippen LogP contribution in [0.25, 0.3) is 0 Å². The number of nitro benzene ring substituents is 1. The summed E-state index contributed by atoms with van der Waals surface area (Å²) < 4.78 is 5.51. The fourth-order valence-corrected chi connectivity index (χ4v) is 1.78. The highest BCUT2D eigenvalue weighted by atomic mass is 16.6. The number of nitrogens with zero attached hydrogens (tertiary/aromatic N) is 2. The summed E-state index contributed by atoms with van der Waals surface area (Å²) >= 11 is 0. The van der Waals surface area contributed by atoms with Crippen molar-refractivity contribution in [2.75, 3.05) is 0 Å². The summed E-state index contributed by atoms with van der Waals surface area (Å²) in [6, 6.07) is 15.6. The van der Waals surface area contributed by atoms with Gasteiger partial charge in [-0.3, -0.25) is 10.1 Å². The highest BCUT2D eigenvalue weighted by molar-refractivity contribution is 5.34. The third-order valence-electron chi connectivity index (χ3n) is 2.71. The summed E-state index contributed by atoms with van der Waals surface area (Å²) in [6.07, 6.45) is 0. The maximum absolute atomic E-state index is 10.7. The Kier molecular flexibility index (Phi) is 4.43. The molecule has 0 aliphatic carbocycles. The zero-order chi connectivity index (χ0) is 14.4. The number of nitriles is 1. The number of ether oxygens (including phenoxy) is 1. The molecule has 0 fully saturated rings. The maximum Gasteiger partial charge on any atom is 0.269 e. The van der Waals surface area contributed by atoms with Crippen molar-refractivity contribution in [3.63, 3.8) is 0 Å². The van der Waals surface area contributed by atoms with Gasteiger partial charge in [0.1, 0.15) is 0 Å². The minimum Gasteiger partial charge on any atom is -0.372 e. The van der Waals surface area contributed by atoms with Gasteiger partial charge in [0.2, 0.25) is 0 Å². The van der Waals surface area contributed by atoms with E-state index >= 15 is 0 Å². The molecular weight excluding hydrogens is 256 g/mol. The molecule has 2 rings (SSSR count). The molecule has 0 heterocycles. The molecule has 2 aromatic rings. The molecule has 0 saturated heterocycles. The van der Waals surface area contributed by atoms with Crippen molar-refractivity contribution >= 4 is 5.69 Å². The summed E-state index contributed by atoms with van der Waals surface area (Å²) in [6.45, 7) is 0.649. The first-order chi connectivity index (χ1) is 9.69. The molecular formula is C15H12N2O3. The SMILES string of the molecule is N#Cc1cccc(COCc2cccc([N+](=O)[O-])c2)c1. The fraction of sp³-hybridized carbons (Fsp3) is 0.133. The molecule has 0 N–H and O–H groups in total. The number of hydrogen-bond donors (Lipinski definition) is 0. The quantitative estimate of drug-likeness (QED) is 0.616. The number of non-ortho nitro benzene ring substituents is 1. The van der Waals surface area contributed by atoms with Gasteiger partial charge in [0.25, 0.3) is 5.69 Å². The lowest BCUT2D eigenvalue weighted by molar-refractivity contribution is -0.384. The van der Waals surface area contributed by atoms with Crippen LogP contribution >= 0.6 is 0 Å². The van der Waals surface area contributed by atoms with E-state index in [-0.39, 0.29) is 5.69 Å². The van der Waals surface area contributed by atoms with Crippen molar-refractivity contribution in [1.29, 1.82) is 5.26 Å². The van der Waals surface area contributed by atoms with E-state index < -0.39 is 4.92 Å². The number of hydrogen-bond acceptors (Lipinski definition) is 4. The zero-order valence-electron chi connectivity index (χ0n) is 10.7. The Balaban J connectivity index is 1.94. The van der Waals surface area contributed by atoms with E-state index in [0.29, 0.717) is 18.8 Å². The number of benzene rings is 2. The third kappa shape index (κ3) is 3.64. The Morgan fingerprint density at radius 3 is 2.40 bits per heavy atom. The second-order valence-corrected chi connectivity index (χ2v) is 4.23. The van der Waals surface area contributed by atoms with Crippen LogP contribution in [0.5, 0.6) is 0 Å². The normalized spacial score (nSPS) is 9.95. The molecule has 0 aliphatic rings. The zero-order valence-corrected chi connectivity index (χ0v) is 10.7. The first-order valence-corrected chi connectivity index (χ1v) is 5.99. The Labute approximate surface area is 116 Å². The average molecular weight is 268 g/mol. The Hall–Kier alpha value is -2.71. The largest absolute Gasteiger partial charge is 0.372 e. The Morgan fingerprint density at radius 1 is 1.10 bits per heavy atom. The monoisotopic (exact) mass is 268 g/mol. The van der Waals surface area contributed by atoms with Gasteiger partial charge in [0, 0.05) is 12.1 Å². The van der Waals surface area contributed by atoms with E-state index in [9.17, 15) is 10.1 Å². The van der Waals surface area contributed by atoms with Gasteiger partial charge >= 0.3 is 0 Å². The first-order valence-electron chi connectivity index (χ1n) is 5.99. The van der Waals surface area contributed by atoms with Gasteiger partial charge in [-0.05, 0) is 23.3 Å². The lowest BCUT2D eigenvalue weighted by Crippen LogP contribution is -1.96. The van der Waals surface area contributed by atoms with Crippen molar-refractivity contribution < 1.29 is 9.66 Å². The second-order valence-electron chi connectivity index (χ2n) is 4.23. The molecule has 100 valence electrons.